The fraction of sp³-hybridized carbons (Fsp3) is 0.267. The fourth-order valence-corrected chi connectivity index (χ4v) is 4.56. The van der Waals surface area contributed by atoms with E-state index < -0.39 is 5.41 Å². The summed E-state index contributed by atoms with van der Waals surface area (Å²) in [4.78, 5) is 33.4. The zero-order valence-electron chi connectivity index (χ0n) is 21.7. The maximum absolute atomic E-state index is 13.6. The van der Waals surface area contributed by atoms with Gasteiger partial charge < -0.3 is 15.0 Å². The van der Waals surface area contributed by atoms with Crippen LogP contribution in [0, 0.1) is 18.3 Å². The fourth-order valence-electron chi connectivity index (χ4n) is 4.56. The molecule has 1 saturated heterocycles. The minimum absolute atomic E-state index is 0.178. The molecule has 1 aliphatic rings. The van der Waals surface area contributed by atoms with E-state index in [4.69, 9.17) is 4.74 Å². The van der Waals surface area contributed by atoms with Crippen LogP contribution < -0.4 is 15.8 Å². The molecule has 1 N–H and O–H groups in total. The number of anilines is 2. The van der Waals surface area contributed by atoms with Gasteiger partial charge >= 0.3 is 0 Å². The zero-order valence-corrected chi connectivity index (χ0v) is 21.7. The molecule has 0 bridgehead atoms. The molecule has 8 nitrogen and oxygen atoms in total. The second-order valence-electron chi connectivity index (χ2n) is 9.99. The predicted octanol–water partition coefficient (Wildman–Crippen LogP) is 4.58. The van der Waals surface area contributed by atoms with Crippen molar-refractivity contribution in [2.75, 3.05) is 36.5 Å². The molecule has 0 radical (unpaired) electrons. The quantitative estimate of drug-likeness (QED) is 0.424. The third-order valence-corrected chi connectivity index (χ3v) is 6.97. The highest BCUT2D eigenvalue weighted by molar-refractivity contribution is 6.04. The van der Waals surface area contributed by atoms with E-state index in [1.54, 1.807) is 30.3 Å². The van der Waals surface area contributed by atoms with Gasteiger partial charge in [0.15, 0.2) is 0 Å². The highest BCUT2D eigenvalue weighted by Crippen LogP contribution is 2.25. The van der Waals surface area contributed by atoms with Crippen LogP contribution in [0.4, 0.5) is 11.4 Å². The van der Waals surface area contributed by atoms with Crippen molar-refractivity contribution in [3.05, 3.63) is 94.0 Å². The van der Waals surface area contributed by atoms with Crippen LogP contribution in [0.25, 0.3) is 16.6 Å². The first-order valence-corrected chi connectivity index (χ1v) is 12.5. The van der Waals surface area contributed by atoms with Crippen molar-refractivity contribution in [3.8, 4) is 11.8 Å². The normalized spacial score (nSPS) is 13.8. The van der Waals surface area contributed by atoms with Crippen molar-refractivity contribution in [2.24, 2.45) is 0 Å². The smallest absolute Gasteiger partial charge is 0.265 e. The molecule has 38 heavy (non-hydrogen) atoms. The Hall–Kier alpha value is -4.48. The molecule has 3 aromatic carbocycles. The van der Waals surface area contributed by atoms with Crippen LogP contribution in [0.1, 0.15) is 35.3 Å². The van der Waals surface area contributed by atoms with E-state index in [2.05, 4.69) is 21.3 Å². The number of morpholine rings is 1. The maximum atomic E-state index is 13.6. The average molecular weight is 508 g/mol. The average Bonchev–Trinajstić information content (AvgIpc) is 2.95. The van der Waals surface area contributed by atoms with Gasteiger partial charge in [0.2, 0.25) is 0 Å². The number of nitrogens with one attached hydrogen (secondary N) is 1. The van der Waals surface area contributed by atoms with E-state index in [0.717, 1.165) is 29.9 Å². The highest BCUT2D eigenvalue weighted by Gasteiger charge is 2.21. The molecule has 8 heteroatoms. The van der Waals surface area contributed by atoms with Crippen LogP contribution >= 0.6 is 0 Å². The number of aromatic nitrogens is 2. The number of hydrogen-bond donors (Lipinski definition) is 1. The predicted molar refractivity (Wildman–Crippen MR) is 148 cm³/mol. The molecule has 192 valence electrons. The summed E-state index contributed by atoms with van der Waals surface area (Å²) < 4.78 is 6.97. The summed E-state index contributed by atoms with van der Waals surface area (Å²) in [6.07, 6.45) is 1.53. The maximum Gasteiger partial charge on any atom is 0.265 e. The Balaban J connectivity index is 1.47. The molecular formula is C30H29N5O3. The number of ether oxygens (including phenoxy) is 1. The van der Waals surface area contributed by atoms with Crippen LogP contribution in [0.3, 0.4) is 0 Å². The third kappa shape index (κ3) is 4.89. The van der Waals surface area contributed by atoms with Gasteiger partial charge in [-0.2, -0.15) is 5.26 Å². The van der Waals surface area contributed by atoms with Gasteiger partial charge in [0.05, 0.1) is 41.3 Å². The molecule has 0 unspecified atom stereocenters. The molecule has 5 rings (SSSR count). The van der Waals surface area contributed by atoms with Gasteiger partial charge in [0, 0.05) is 30.0 Å². The van der Waals surface area contributed by atoms with Gasteiger partial charge in [0.1, 0.15) is 6.33 Å². The molecule has 4 aromatic rings. The Morgan fingerprint density at radius 2 is 1.87 bits per heavy atom. The molecule has 0 aliphatic carbocycles. The second kappa shape index (κ2) is 10.1. The van der Waals surface area contributed by atoms with E-state index in [1.807, 2.05) is 51.1 Å². The molecule has 1 aromatic heterocycles. The van der Waals surface area contributed by atoms with Crippen molar-refractivity contribution in [1.82, 2.24) is 9.55 Å². The largest absolute Gasteiger partial charge is 0.378 e. The molecule has 1 amide bonds. The number of carbonyl (C=O) groups excluding carboxylic acids is 1. The van der Waals surface area contributed by atoms with Gasteiger partial charge in [0.25, 0.3) is 11.5 Å². The molecular weight excluding hydrogens is 478 g/mol. The Labute approximate surface area is 221 Å². The Morgan fingerprint density at radius 1 is 1.08 bits per heavy atom. The summed E-state index contributed by atoms with van der Waals surface area (Å²) in [6.45, 7) is 8.41. The van der Waals surface area contributed by atoms with E-state index in [-0.39, 0.29) is 11.5 Å². The molecule has 0 saturated carbocycles. The van der Waals surface area contributed by atoms with Crippen LogP contribution in [0.5, 0.6) is 0 Å². The van der Waals surface area contributed by atoms with Crippen molar-refractivity contribution in [2.45, 2.75) is 26.2 Å². The lowest BCUT2D eigenvalue weighted by molar-refractivity contribution is 0.102. The molecule has 0 spiro atoms. The standard InChI is InChI=1S/C30H29N5O3/c1-20-7-8-23(33-28(36)21-5-4-6-22(15-21)30(2,3)18-31)16-27(20)35-19-32-26-10-9-24(17-25(26)29(35)37)34-11-13-38-14-12-34/h4-10,15-17,19H,11-14H2,1-3H3,(H,33,36). The number of rotatable bonds is 5. The lowest BCUT2D eigenvalue weighted by Gasteiger charge is -2.29. The first-order valence-electron chi connectivity index (χ1n) is 12.5. The number of hydrogen-bond acceptors (Lipinski definition) is 6. The Morgan fingerprint density at radius 3 is 2.63 bits per heavy atom. The summed E-state index contributed by atoms with van der Waals surface area (Å²) in [5.74, 6) is -0.297. The summed E-state index contributed by atoms with van der Waals surface area (Å²) in [7, 11) is 0. The van der Waals surface area contributed by atoms with E-state index >= 15 is 0 Å². The first-order chi connectivity index (χ1) is 18.3. The third-order valence-electron chi connectivity index (χ3n) is 6.97. The number of carbonyl (C=O) groups is 1. The monoisotopic (exact) mass is 507 g/mol. The van der Waals surface area contributed by atoms with Crippen molar-refractivity contribution < 1.29 is 9.53 Å². The number of nitrogens with zero attached hydrogens (tertiary/aromatic N) is 4. The van der Waals surface area contributed by atoms with Crippen molar-refractivity contribution in [1.29, 1.82) is 5.26 Å². The van der Waals surface area contributed by atoms with Crippen LogP contribution in [-0.4, -0.2) is 41.8 Å². The SMILES string of the molecule is Cc1ccc(NC(=O)c2cccc(C(C)(C)C#N)c2)cc1-n1cnc2ccc(N3CCOCC3)cc2c1=O. The minimum Gasteiger partial charge on any atom is -0.378 e. The zero-order chi connectivity index (χ0) is 26.9. The van der Waals surface area contributed by atoms with Gasteiger partial charge in [-0.1, -0.05) is 18.2 Å². The van der Waals surface area contributed by atoms with Crippen molar-refractivity contribution >= 4 is 28.2 Å². The lowest BCUT2D eigenvalue weighted by Crippen LogP contribution is -2.36. The molecule has 2 heterocycles. The first kappa shape index (κ1) is 25.2. The van der Waals surface area contributed by atoms with Crippen molar-refractivity contribution in [3.63, 3.8) is 0 Å². The van der Waals surface area contributed by atoms with E-state index in [0.29, 0.717) is 41.1 Å². The lowest BCUT2D eigenvalue weighted by atomic mass is 9.85. The van der Waals surface area contributed by atoms with Crippen LogP contribution in [-0.2, 0) is 10.2 Å². The number of benzene rings is 3. The summed E-state index contributed by atoms with van der Waals surface area (Å²) in [6, 6.07) is 20.5. The van der Waals surface area contributed by atoms with Crippen LogP contribution in [0.15, 0.2) is 71.8 Å². The number of nitriles is 1. The van der Waals surface area contributed by atoms with Gasteiger partial charge in [-0.25, -0.2) is 4.98 Å². The Kier molecular flexibility index (Phi) is 6.70. The van der Waals surface area contributed by atoms with Gasteiger partial charge in [-0.15, -0.1) is 0 Å². The number of amides is 1. The Bertz CT molecular complexity index is 1630. The van der Waals surface area contributed by atoms with E-state index in [1.165, 1.54) is 10.9 Å². The van der Waals surface area contributed by atoms with E-state index in [9.17, 15) is 14.9 Å². The summed E-state index contributed by atoms with van der Waals surface area (Å²) in [5, 5.41) is 12.9. The topological polar surface area (TPSA) is 100 Å². The summed E-state index contributed by atoms with van der Waals surface area (Å²) >= 11 is 0. The molecule has 1 fully saturated rings. The highest BCUT2D eigenvalue weighted by atomic mass is 16.5. The van der Waals surface area contributed by atoms with Crippen LogP contribution in [0.2, 0.25) is 0 Å². The number of fused-ring (bicyclic) bond motifs is 1. The number of aryl methyl sites for hydroxylation is 1. The molecule has 1 aliphatic heterocycles. The molecule has 0 atom stereocenters. The minimum atomic E-state index is -0.709. The van der Waals surface area contributed by atoms with Gasteiger partial charge in [-0.05, 0) is 74.4 Å². The van der Waals surface area contributed by atoms with Gasteiger partial charge in [-0.3, -0.25) is 14.2 Å². The summed E-state index contributed by atoms with van der Waals surface area (Å²) in [5.41, 5.74) is 3.99. The second-order valence-corrected chi connectivity index (χ2v) is 9.99.